The zero-order valence-corrected chi connectivity index (χ0v) is 34.9. The van der Waals surface area contributed by atoms with E-state index < -0.39 is 0 Å². The molecule has 5 aromatic heterocycles. The van der Waals surface area contributed by atoms with Crippen LogP contribution >= 0.6 is 11.3 Å². The van der Waals surface area contributed by atoms with E-state index in [1.807, 2.05) is 36.4 Å². The molecule has 0 unspecified atom stereocenters. The largest absolute Gasteiger partial charge is 0.455 e. The Morgan fingerprint density at radius 3 is 1.61 bits per heavy atom. The standard InChI is InChI=1S/C57H33N5OS/c1-4-18-34(19-5-1)55-58-56(35-20-6-2-7-21-35)60-57(59-55)41-32-33-44(47-40-27-13-17-31-46(40)64-54(41)47)62-43-29-15-10-24-37(43)48-51-49(53-50(52(48)62)39-26-12-16-30-45(39)63-53)38-25-11-14-28-42(38)61(51)36-22-8-3-9-23-36/h1-33H. The van der Waals surface area contributed by atoms with Gasteiger partial charge in [-0.15, -0.1) is 11.3 Å². The highest BCUT2D eigenvalue weighted by atomic mass is 32.1. The second kappa shape index (κ2) is 13.6. The van der Waals surface area contributed by atoms with Gasteiger partial charge in [0.2, 0.25) is 0 Å². The third kappa shape index (κ3) is 4.98. The number of furan rings is 1. The fourth-order valence-corrected chi connectivity index (χ4v) is 11.3. The van der Waals surface area contributed by atoms with Gasteiger partial charge in [0, 0.05) is 64.1 Å². The van der Waals surface area contributed by atoms with Gasteiger partial charge in [-0.3, -0.25) is 0 Å². The summed E-state index contributed by atoms with van der Waals surface area (Å²) in [4.78, 5) is 15.5. The van der Waals surface area contributed by atoms with E-state index in [-0.39, 0.29) is 0 Å². The predicted molar refractivity (Wildman–Crippen MR) is 265 cm³/mol. The van der Waals surface area contributed by atoms with Crippen molar-refractivity contribution in [1.82, 2.24) is 24.1 Å². The molecule has 64 heavy (non-hydrogen) atoms. The minimum absolute atomic E-state index is 0.635. The zero-order valence-electron chi connectivity index (χ0n) is 34.1. The molecule has 0 saturated heterocycles. The monoisotopic (exact) mass is 835 g/mol. The van der Waals surface area contributed by atoms with Gasteiger partial charge in [0.1, 0.15) is 11.2 Å². The van der Waals surface area contributed by atoms with Gasteiger partial charge in [-0.1, -0.05) is 152 Å². The average molecular weight is 836 g/mol. The van der Waals surface area contributed by atoms with Crippen LogP contribution in [0.15, 0.2) is 205 Å². The summed E-state index contributed by atoms with van der Waals surface area (Å²) in [5, 5.41) is 9.12. The fourth-order valence-electron chi connectivity index (χ4n) is 10.1. The first-order valence-corrected chi connectivity index (χ1v) is 22.3. The first-order valence-electron chi connectivity index (χ1n) is 21.5. The van der Waals surface area contributed by atoms with Crippen molar-refractivity contribution in [2.75, 3.05) is 0 Å². The summed E-state index contributed by atoms with van der Waals surface area (Å²) < 4.78 is 14.3. The summed E-state index contributed by atoms with van der Waals surface area (Å²) in [5.74, 6) is 1.91. The first-order chi connectivity index (χ1) is 31.8. The SMILES string of the molecule is c1ccc(-c2nc(-c3ccccc3)nc(-c3ccc(-n4c5ccccc5c5c6c(c7ccccc7n6-c6ccccc6)c6oc7ccccc7c6c54)c4c3sc3ccccc34)n2)cc1. The third-order valence-corrected chi connectivity index (χ3v) is 13.9. The normalized spacial score (nSPS) is 12.1. The molecule has 5 heterocycles. The van der Waals surface area contributed by atoms with Crippen LogP contribution in [-0.2, 0) is 0 Å². The van der Waals surface area contributed by atoms with E-state index in [1.54, 1.807) is 11.3 Å². The highest BCUT2D eigenvalue weighted by Crippen LogP contribution is 2.51. The van der Waals surface area contributed by atoms with Crippen molar-refractivity contribution in [3.8, 4) is 45.5 Å². The topological polar surface area (TPSA) is 61.7 Å². The van der Waals surface area contributed by atoms with Crippen LogP contribution in [0, 0.1) is 0 Å². The highest BCUT2D eigenvalue weighted by Gasteiger charge is 2.29. The van der Waals surface area contributed by atoms with Crippen molar-refractivity contribution in [2.24, 2.45) is 0 Å². The van der Waals surface area contributed by atoms with Gasteiger partial charge in [-0.05, 0) is 48.5 Å². The maximum absolute atomic E-state index is 7.09. The van der Waals surface area contributed by atoms with Gasteiger partial charge in [-0.25, -0.2) is 15.0 Å². The second-order valence-corrected chi connectivity index (χ2v) is 17.3. The summed E-state index contributed by atoms with van der Waals surface area (Å²) in [5.41, 5.74) is 11.2. The van der Waals surface area contributed by atoms with Crippen molar-refractivity contribution in [1.29, 1.82) is 0 Å². The Morgan fingerprint density at radius 1 is 0.391 bits per heavy atom. The molecule has 0 amide bonds. The van der Waals surface area contributed by atoms with E-state index in [2.05, 4.69) is 173 Å². The van der Waals surface area contributed by atoms with Crippen LogP contribution in [0.3, 0.4) is 0 Å². The molecule has 14 rings (SSSR count). The van der Waals surface area contributed by atoms with Crippen molar-refractivity contribution in [3.05, 3.63) is 200 Å². The van der Waals surface area contributed by atoms with E-state index >= 15 is 0 Å². The molecule has 0 aliphatic carbocycles. The lowest BCUT2D eigenvalue weighted by atomic mass is 10.0. The van der Waals surface area contributed by atoms with Gasteiger partial charge in [0.05, 0.1) is 38.5 Å². The van der Waals surface area contributed by atoms with Crippen molar-refractivity contribution in [3.63, 3.8) is 0 Å². The zero-order chi connectivity index (χ0) is 41.9. The van der Waals surface area contributed by atoms with E-state index in [0.717, 1.165) is 92.9 Å². The molecule has 0 saturated carbocycles. The quantitative estimate of drug-likeness (QED) is 0.173. The Balaban J connectivity index is 1.16. The Kier molecular flexibility index (Phi) is 7.46. The smallest absolute Gasteiger partial charge is 0.165 e. The molecule has 14 aromatic rings. The molecule has 9 aromatic carbocycles. The van der Waals surface area contributed by atoms with Crippen LogP contribution in [0.1, 0.15) is 0 Å². The fraction of sp³-hybridized carbons (Fsp3) is 0. The summed E-state index contributed by atoms with van der Waals surface area (Å²) in [6, 6.07) is 70.4. The number of hydrogen-bond acceptors (Lipinski definition) is 5. The molecule has 0 radical (unpaired) electrons. The second-order valence-electron chi connectivity index (χ2n) is 16.3. The van der Waals surface area contributed by atoms with Gasteiger partial charge >= 0.3 is 0 Å². The van der Waals surface area contributed by atoms with E-state index in [1.165, 1.54) is 20.9 Å². The molecule has 0 aliphatic rings. The molecule has 7 heteroatoms. The minimum Gasteiger partial charge on any atom is -0.455 e. The molecule has 0 fully saturated rings. The summed E-state index contributed by atoms with van der Waals surface area (Å²) in [6.07, 6.45) is 0. The van der Waals surface area contributed by atoms with Crippen LogP contribution < -0.4 is 0 Å². The maximum Gasteiger partial charge on any atom is 0.165 e. The molecule has 0 atom stereocenters. The number of rotatable bonds is 5. The Bertz CT molecular complexity index is 4130. The predicted octanol–water partition coefficient (Wildman–Crippen LogP) is 15.3. The molecule has 6 nitrogen and oxygen atoms in total. The Labute approximate surface area is 369 Å². The van der Waals surface area contributed by atoms with Gasteiger partial charge in [-0.2, -0.15) is 0 Å². The van der Waals surface area contributed by atoms with Crippen LogP contribution in [0.5, 0.6) is 0 Å². The first kappa shape index (κ1) is 35.2. The Hall–Kier alpha value is -8.39. The summed E-state index contributed by atoms with van der Waals surface area (Å²) in [7, 11) is 0. The molecule has 0 spiro atoms. The van der Waals surface area contributed by atoms with Crippen molar-refractivity contribution in [2.45, 2.75) is 0 Å². The van der Waals surface area contributed by atoms with Crippen LogP contribution in [-0.4, -0.2) is 24.1 Å². The number of thiophene rings is 1. The average Bonchev–Trinajstić information content (AvgIpc) is 4.13. The van der Waals surface area contributed by atoms with E-state index in [9.17, 15) is 0 Å². The molecule has 0 N–H and O–H groups in total. The number of hydrogen-bond donors (Lipinski definition) is 0. The molecule has 0 aliphatic heterocycles. The number of para-hydroxylation sites is 4. The number of nitrogens with zero attached hydrogens (tertiary/aromatic N) is 5. The van der Waals surface area contributed by atoms with Gasteiger partial charge < -0.3 is 13.6 Å². The number of fused-ring (bicyclic) bond motifs is 15. The van der Waals surface area contributed by atoms with Crippen LogP contribution in [0.25, 0.3) is 131 Å². The maximum atomic E-state index is 7.09. The molecule has 0 bridgehead atoms. The molecule has 298 valence electrons. The lowest BCUT2D eigenvalue weighted by Crippen LogP contribution is -2.01. The Morgan fingerprint density at radius 2 is 0.906 bits per heavy atom. The lowest BCUT2D eigenvalue weighted by Gasteiger charge is -2.14. The van der Waals surface area contributed by atoms with Crippen molar-refractivity contribution < 1.29 is 4.42 Å². The molecular formula is C57H33N5OS. The lowest BCUT2D eigenvalue weighted by molar-refractivity contribution is 0.673. The van der Waals surface area contributed by atoms with E-state index in [4.69, 9.17) is 19.4 Å². The minimum atomic E-state index is 0.635. The van der Waals surface area contributed by atoms with Gasteiger partial charge in [0.25, 0.3) is 0 Å². The van der Waals surface area contributed by atoms with E-state index in [0.29, 0.717) is 17.5 Å². The number of aromatic nitrogens is 5. The molecular weight excluding hydrogens is 803 g/mol. The summed E-state index contributed by atoms with van der Waals surface area (Å²) >= 11 is 1.79. The summed E-state index contributed by atoms with van der Waals surface area (Å²) in [6.45, 7) is 0. The van der Waals surface area contributed by atoms with Crippen molar-refractivity contribution >= 4 is 97.1 Å². The third-order valence-electron chi connectivity index (χ3n) is 12.7. The van der Waals surface area contributed by atoms with Crippen LogP contribution in [0.2, 0.25) is 0 Å². The van der Waals surface area contributed by atoms with Gasteiger partial charge in [0.15, 0.2) is 17.5 Å². The van der Waals surface area contributed by atoms with Crippen LogP contribution in [0.4, 0.5) is 0 Å². The highest BCUT2D eigenvalue weighted by molar-refractivity contribution is 7.26. The number of benzene rings is 9.